The fourth-order valence-electron chi connectivity index (χ4n) is 3.34. The molecule has 1 saturated carbocycles. The number of hydrogen-bond donors (Lipinski definition) is 1. The highest BCUT2D eigenvalue weighted by Gasteiger charge is 2.42. The molecule has 1 fully saturated rings. The first-order valence-electron chi connectivity index (χ1n) is 7.79. The molecule has 0 aromatic heterocycles. The van der Waals surface area contributed by atoms with Gasteiger partial charge in [-0.1, -0.05) is 55.3 Å². The Morgan fingerprint density at radius 2 is 1.64 bits per heavy atom. The van der Waals surface area contributed by atoms with E-state index in [-0.39, 0.29) is 11.7 Å². The van der Waals surface area contributed by atoms with Crippen LogP contribution in [0, 0.1) is 5.82 Å². The summed E-state index contributed by atoms with van der Waals surface area (Å²) in [6.45, 7) is 0.530. The quantitative estimate of drug-likeness (QED) is 0.909. The molecule has 3 rings (SSSR count). The molecule has 0 atom stereocenters. The van der Waals surface area contributed by atoms with Gasteiger partial charge in [0.25, 0.3) is 0 Å². The van der Waals surface area contributed by atoms with Crippen LogP contribution in [0.5, 0.6) is 0 Å². The van der Waals surface area contributed by atoms with E-state index in [1.54, 1.807) is 12.1 Å². The van der Waals surface area contributed by atoms with Gasteiger partial charge >= 0.3 is 0 Å². The third-order valence-corrected chi connectivity index (χ3v) is 4.58. The third-order valence-electron chi connectivity index (χ3n) is 4.58. The van der Waals surface area contributed by atoms with Crippen molar-refractivity contribution in [1.82, 2.24) is 5.32 Å². The number of amides is 1. The summed E-state index contributed by atoms with van der Waals surface area (Å²) in [7, 11) is 0. The Kier molecular flexibility index (Phi) is 4.23. The molecule has 0 bridgehead atoms. The zero-order valence-corrected chi connectivity index (χ0v) is 12.5. The summed E-state index contributed by atoms with van der Waals surface area (Å²) < 4.78 is 13.2. The predicted octanol–water partition coefficient (Wildman–Crippen LogP) is 3.95. The molecule has 0 spiro atoms. The summed E-state index contributed by atoms with van der Waals surface area (Å²) in [6, 6.07) is 16.3. The highest BCUT2D eigenvalue weighted by molar-refractivity contribution is 5.88. The fraction of sp³-hybridized carbons (Fsp3) is 0.316. The lowest BCUT2D eigenvalue weighted by molar-refractivity contribution is -0.126. The van der Waals surface area contributed by atoms with Crippen LogP contribution in [0.3, 0.4) is 0 Å². The lowest BCUT2D eigenvalue weighted by Gasteiger charge is -2.28. The normalized spacial score (nSPS) is 16.4. The number of benzene rings is 2. The summed E-state index contributed by atoms with van der Waals surface area (Å²) in [4.78, 5) is 12.8. The SMILES string of the molecule is O=C(NCc1ccccc1)C1(c2ccc(F)cc2)CCCC1. The van der Waals surface area contributed by atoms with Gasteiger partial charge in [0.15, 0.2) is 0 Å². The van der Waals surface area contributed by atoms with Gasteiger partial charge in [-0.15, -0.1) is 0 Å². The molecule has 0 unspecified atom stereocenters. The van der Waals surface area contributed by atoms with Gasteiger partial charge in [0.2, 0.25) is 5.91 Å². The van der Waals surface area contributed by atoms with Crippen molar-refractivity contribution in [3.63, 3.8) is 0 Å². The van der Waals surface area contributed by atoms with Crippen molar-refractivity contribution in [3.05, 3.63) is 71.5 Å². The number of halogens is 1. The lowest BCUT2D eigenvalue weighted by atomic mass is 9.78. The first-order valence-corrected chi connectivity index (χ1v) is 7.79. The van der Waals surface area contributed by atoms with E-state index in [0.717, 1.165) is 36.8 Å². The molecule has 0 heterocycles. The van der Waals surface area contributed by atoms with Crippen LogP contribution >= 0.6 is 0 Å². The van der Waals surface area contributed by atoms with Crippen molar-refractivity contribution in [2.45, 2.75) is 37.6 Å². The van der Waals surface area contributed by atoms with Crippen molar-refractivity contribution >= 4 is 5.91 Å². The van der Waals surface area contributed by atoms with Gasteiger partial charge in [-0.2, -0.15) is 0 Å². The second kappa shape index (κ2) is 6.30. The van der Waals surface area contributed by atoms with E-state index in [4.69, 9.17) is 0 Å². The highest BCUT2D eigenvalue weighted by atomic mass is 19.1. The molecule has 114 valence electrons. The van der Waals surface area contributed by atoms with Crippen LogP contribution in [0.1, 0.15) is 36.8 Å². The second-order valence-corrected chi connectivity index (χ2v) is 5.96. The van der Waals surface area contributed by atoms with Crippen LogP contribution in [0.15, 0.2) is 54.6 Å². The van der Waals surface area contributed by atoms with Crippen molar-refractivity contribution in [1.29, 1.82) is 0 Å². The first kappa shape index (κ1) is 14.8. The molecule has 2 nitrogen and oxygen atoms in total. The van der Waals surface area contributed by atoms with E-state index < -0.39 is 5.41 Å². The summed E-state index contributed by atoms with van der Waals surface area (Å²) >= 11 is 0. The lowest BCUT2D eigenvalue weighted by Crippen LogP contribution is -2.42. The van der Waals surface area contributed by atoms with Crippen molar-refractivity contribution < 1.29 is 9.18 Å². The van der Waals surface area contributed by atoms with Gasteiger partial charge < -0.3 is 5.32 Å². The summed E-state index contributed by atoms with van der Waals surface area (Å²) in [5.41, 5.74) is 1.52. The van der Waals surface area contributed by atoms with Crippen molar-refractivity contribution in [2.75, 3.05) is 0 Å². The third kappa shape index (κ3) is 2.89. The molecule has 22 heavy (non-hydrogen) atoms. The minimum absolute atomic E-state index is 0.0560. The molecule has 0 saturated heterocycles. The van der Waals surface area contributed by atoms with Crippen LogP contribution in [0.4, 0.5) is 4.39 Å². The molecular formula is C19H20FNO. The van der Waals surface area contributed by atoms with Gasteiger partial charge in [-0.3, -0.25) is 4.79 Å². The Balaban J connectivity index is 1.78. The monoisotopic (exact) mass is 297 g/mol. The minimum Gasteiger partial charge on any atom is -0.351 e. The average molecular weight is 297 g/mol. The van der Waals surface area contributed by atoms with Crippen molar-refractivity contribution in [2.24, 2.45) is 0 Å². The Hall–Kier alpha value is -2.16. The maximum absolute atomic E-state index is 13.2. The topological polar surface area (TPSA) is 29.1 Å². The smallest absolute Gasteiger partial charge is 0.230 e. The van der Waals surface area contributed by atoms with Gasteiger partial charge in [0.05, 0.1) is 5.41 Å². The molecule has 1 N–H and O–H groups in total. The second-order valence-electron chi connectivity index (χ2n) is 5.96. The minimum atomic E-state index is -0.498. The maximum atomic E-state index is 13.2. The van der Waals surface area contributed by atoms with E-state index in [0.29, 0.717) is 6.54 Å². The molecule has 3 heteroatoms. The summed E-state index contributed by atoms with van der Waals surface area (Å²) in [5, 5.41) is 3.06. The molecule has 1 amide bonds. The van der Waals surface area contributed by atoms with Crippen LogP contribution in [0.25, 0.3) is 0 Å². The van der Waals surface area contributed by atoms with E-state index in [2.05, 4.69) is 5.32 Å². The van der Waals surface area contributed by atoms with Crippen LogP contribution < -0.4 is 5.32 Å². The Morgan fingerprint density at radius 3 is 2.27 bits per heavy atom. The van der Waals surface area contributed by atoms with Gasteiger partial charge in [-0.25, -0.2) is 4.39 Å². The molecule has 2 aromatic rings. The van der Waals surface area contributed by atoms with Gasteiger partial charge in [-0.05, 0) is 36.1 Å². The van der Waals surface area contributed by atoms with E-state index >= 15 is 0 Å². The van der Waals surface area contributed by atoms with Crippen LogP contribution in [0.2, 0.25) is 0 Å². The Bertz CT molecular complexity index is 630. The van der Waals surface area contributed by atoms with E-state index in [1.165, 1.54) is 12.1 Å². The predicted molar refractivity (Wildman–Crippen MR) is 84.8 cm³/mol. The molecule has 2 aromatic carbocycles. The standard InChI is InChI=1S/C19H20FNO/c20-17-10-8-16(9-11-17)19(12-4-5-13-19)18(22)21-14-15-6-2-1-3-7-15/h1-3,6-11H,4-5,12-14H2,(H,21,22). The number of nitrogens with one attached hydrogen (secondary N) is 1. The number of carbonyl (C=O) groups excluding carboxylic acids is 1. The zero-order chi connectivity index (χ0) is 15.4. The Labute approximate surface area is 130 Å². The number of rotatable bonds is 4. The number of hydrogen-bond acceptors (Lipinski definition) is 1. The molecular weight excluding hydrogens is 277 g/mol. The first-order chi connectivity index (χ1) is 10.7. The largest absolute Gasteiger partial charge is 0.351 e. The van der Waals surface area contributed by atoms with E-state index in [9.17, 15) is 9.18 Å². The molecule has 0 aliphatic heterocycles. The molecule has 1 aliphatic rings. The molecule has 1 aliphatic carbocycles. The van der Waals surface area contributed by atoms with Crippen LogP contribution in [-0.2, 0) is 16.8 Å². The van der Waals surface area contributed by atoms with Gasteiger partial charge in [0, 0.05) is 6.54 Å². The highest BCUT2D eigenvalue weighted by Crippen LogP contribution is 2.41. The maximum Gasteiger partial charge on any atom is 0.230 e. The molecule has 0 radical (unpaired) electrons. The van der Waals surface area contributed by atoms with Gasteiger partial charge in [0.1, 0.15) is 5.82 Å². The van der Waals surface area contributed by atoms with Crippen LogP contribution in [-0.4, -0.2) is 5.91 Å². The average Bonchev–Trinajstić information content (AvgIpc) is 3.05. The van der Waals surface area contributed by atoms with Crippen molar-refractivity contribution in [3.8, 4) is 0 Å². The van der Waals surface area contributed by atoms with E-state index in [1.807, 2.05) is 30.3 Å². The number of carbonyl (C=O) groups is 1. The fourth-order valence-corrected chi connectivity index (χ4v) is 3.34. The summed E-state index contributed by atoms with van der Waals surface area (Å²) in [6.07, 6.45) is 3.74. The zero-order valence-electron chi connectivity index (χ0n) is 12.5. The Morgan fingerprint density at radius 1 is 1.00 bits per heavy atom. The summed E-state index contributed by atoms with van der Waals surface area (Å²) in [5.74, 6) is -0.206.